The van der Waals surface area contributed by atoms with E-state index >= 15 is 0 Å². The summed E-state index contributed by atoms with van der Waals surface area (Å²) in [6.07, 6.45) is 1.32. The Morgan fingerprint density at radius 1 is 1.18 bits per heavy atom. The zero-order chi connectivity index (χ0) is 9.33. The van der Waals surface area contributed by atoms with Crippen molar-refractivity contribution in [2.75, 3.05) is 5.75 Å². The molecule has 0 rings (SSSR count). The van der Waals surface area contributed by atoms with E-state index in [1.54, 1.807) is 0 Å². The Morgan fingerprint density at radius 3 is 1.64 bits per heavy atom. The molecule has 0 nitrogen and oxygen atoms in total. The molecule has 0 N–H and O–H groups in total. The van der Waals surface area contributed by atoms with Gasteiger partial charge >= 0.3 is 0 Å². The van der Waals surface area contributed by atoms with Gasteiger partial charge in [0.15, 0.2) is 0 Å². The Bertz CT molecular complexity index is 59.0. The average molecular weight is 210 g/mol. The van der Waals surface area contributed by atoms with E-state index in [4.69, 9.17) is 0 Å². The lowest BCUT2D eigenvalue weighted by molar-refractivity contribution is 0.469. The first-order valence-electron chi connectivity index (χ1n) is 4.07. The van der Waals surface area contributed by atoms with E-state index in [1.165, 1.54) is 21.6 Å². The van der Waals surface area contributed by atoms with Crippen molar-refractivity contribution in [2.24, 2.45) is 5.41 Å². The second-order valence-corrected chi connectivity index (χ2v) is 9.67. The monoisotopic (exact) mass is 210 g/mol. The lowest BCUT2D eigenvalue weighted by atomic mass is 10.0. The van der Waals surface area contributed by atoms with Crippen molar-refractivity contribution >= 4 is 30.4 Å². The van der Waals surface area contributed by atoms with Gasteiger partial charge in [-0.1, -0.05) is 34.6 Å². The van der Waals surface area contributed by atoms with Crippen LogP contribution >= 0.6 is 21.0 Å². The minimum absolute atomic E-state index is 0.500. The van der Waals surface area contributed by atoms with Crippen molar-refractivity contribution in [2.45, 2.75) is 41.0 Å². The van der Waals surface area contributed by atoms with E-state index in [9.17, 15) is 0 Å². The quantitative estimate of drug-likeness (QED) is 0.399. The molecule has 0 bridgehead atoms. The van der Waals surface area contributed by atoms with Crippen LogP contribution in [0.2, 0.25) is 0 Å². The molecule has 0 aliphatic rings. The highest BCUT2D eigenvalue weighted by Crippen LogP contribution is 2.15. The summed E-state index contributed by atoms with van der Waals surface area (Å²) in [5, 5.41) is 0. The lowest BCUT2D eigenvalue weighted by Crippen LogP contribution is -1.93. The molecule has 0 aromatic heterocycles. The van der Waals surface area contributed by atoms with Gasteiger partial charge in [-0.25, -0.2) is 0 Å². The van der Waals surface area contributed by atoms with Crippen molar-refractivity contribution < 1.29 is 0 Å². The highest BCUT2D eigenvalue weighted by Gasteiger charge is 1.95. The van der Waals surface area contributed by atoms with E-state index < -0.39 is 0 Å². The molecule has 0 aliphatic carbocycles. The smallest absolute Gasteiger partial charge is 0.0835 e. The highest BCUT2D eigenvalue weighted by atomic mass is 33.2. The van der Waals surface area contributed by atoms with Crippen molar-refractivity contribution in [1.29, 1.82) is 0 Å². The third-order valence-corrected chi connectivity index (χ3v) is 4.54. The predicted octanol–water partition coefficient (Wildman–Crippen LogP) is 3.11. The van der Waals surface area contributed by atoms with Crippen molar-refractivity contribution in [3.8, 4) is 0 Å². The van der Waals surface area contributed by atoms with Gasteiger partial charge in [-0.2, -0.15) is 0 Å². The molecule has 0 aromatic carbocycles. The predicted molar refractivity (Wildman–Crippen MR) is 65.4 cm³/mol. The Balaban J connectivity index is 0. The summed E-state index contributed by atoms with van der Waals surface area (Å²) in [6, 6.07) is 0. The second kappa shape index (κ2) is 9.01. The Kier molecular flexibility index (Phi) is 11.8. The molecule has 0 atom stereocenters. The maximum Gasteiger partial charge on any atom is 0.0835 e. The van der Waals surface area contributed by atoms with Crippen LogP contribution in [0.15, 0.2) is 0 Å². The first-order chi connectivity index (χ1) is 4.91. The summed E-state index contributed by atoms with van der Waals surface area (Å²) < 4.78 is 0. The van der Waals surface area contributed by atoms with Crippen LogP contribution in [0.1, 0.15) is 41.0 Å². The SMILES string of the molecule is CC(C)(C)C.CCCSS[SiH3]. The zero-order valence-corrected chi connectivity index (χ0v) is 12.4. The largest absolute Gasteiger partial charge is 0.134 e. The second-order valence-electron chi connectivity index (χ2n) is 3.99. The van der Waals surface area contributed by atoms with Gasteiger partial charge in [-0.05, 0) is 11.8 Å². The number of rotatable bonds is 3. The third-order valence-electron chi connectivity index (χ3n) is 0.405. The van der Waals surface area contributed by atoms with Gasteiger partial charge in [0.1, 0.15) is 0 Å². The minimum atomic E-state index is 0.500. The molecule has 0 aromatic rings. The van der Waals surface area contributed by atoms with Gasteiger partial charge in [0.2, 0.25) is 0 Å². The standard InChI is InChI=1S/C5H12.C3H10S2Si/c1-5(2,3)4;1-2-3-4-5-6/h1-4H3;2-3H2,1,6H3. The van der Waals surface area contributed by atoms with E-state index in [2.05, 4.69) is 34.6 Å². The Labute approximate surface area is 82.8 Å². The number of hydrogen-bond acceptors (Lipinski definition) is 2. The van der Waals surface area contributed by atoms with Crippen LogP contribution in [0, 0.1) is 5.41 Å². The lowest BCUT2D eigenvalue weighted by Gasteiger charge is -2.05. The maximum absolute atomic E-state index is 2.21. The molecule has 70 valence electrons. The van der Waals surface area contributed by atoms with E-state index in [0.717, 1.165) is 0 Å². The van der Waals surface area contributed by atoms with Crippen molar-refractivity contribution in [1.82, 2.24) is 0 Å². The summed E-state index contributed by atoms with van der Waals surface area (Å²) in [5.74, 6) is 1.33. The summed E-state index contributed by atoms with van der Waals surface area (Å²) in [5.41, 5.74) is 0.500. The molecule has 0 saturated heterocycles. The topological polar surface area (TPSA) is 0 Å². The van der Waals surface area contributed by atoms with Gasteiger partial charge in [0.25, 0.3) is 0 Å². The molecule has 0 unspecified atom stereocenters. The average Bonchev–Trinajstić information content (AvgIpc) is 1.79. The van der Waals surface area contributed by atoms with E-state index in [0.29, 0.717) is 5.41 Å². The molecule has 0 aliphatic heterocycles. The molecular formula is C8H22S2Si. The summed E-state index contributed by atoms with van der Waals surface area (Å²) in [7, 11) is 5.25. The molecule has 0 heterocycles. The van der Waals surface area contributed by atoms with Crippen molar-refractivity contribution in [3.63, 3.8) is 0 Å². The fourth-order valence-corrected chi connectivity index (χ4v) is 3.00. The molecule has 0 radical (unpaired) electrons. The normalized spacial score (nSPS) is 10.6. The maximum atomic E-state index is 2.21. The zero-order valence-electron chi connectivity index (χ0n) is 8.73. The molecule has 11 heavy (non-hydrogen) atoms. The molecular weight excluding hydrogens is 188 g/mol. The van der Waals surface area contributed by atoms with Crippen LogP contribution in [0.5, 0.6) is 0 Å². The van der Waals surface area contributed by atoms with Gasteiger partial charge < -0.3 is 0 Å². The number of hydrogen-bond donors (Lipinski definition) is 0. The van der Waals surface area contributed by atoms with Gasteiger partial charge in [-0.15, -0.1) is 21.0 Å². The minimum Gasteiger partial charge on any atom is -0.134 e. The van der Waals surface area contributed by atoms with Crippen molar-refractivity contribution in [3.05, 3.63) is 0 Å². The third kappa shape index (κ3) is 56.6. The van der Waals surface area contributed by atoms with E-state index in [-0.39, 0.29) is 0 Å². The fraction of sp³-hybridized carbons (Fsp3) is 1.00. The Morgan fingerprint density at radius 2 is 1.55 bits per heavy atom. The molecule has 0 amide bonds. The van der Waals surface area contributed by atoms with Crippen LogP contribution < -0.4 is 0 Å². The first kappa shape index (κ1) is 14.4. The van der Waals surface area contributed by atoms with Crippen LogP contribution in [-0.4, -0.2) is 15.1 Å². The summed E-state index contributed by atoms with van der Waals surface area (Å²) >= 11 is 0. The van der Waals surface area contributed by atoms with Crippen LogP contribution in [0.25, 0.3) is 0 Å². The Hall–Kier alpha value is 0.917. The van der Waals surface area contributed by atoms with Gasteiger partial charge in [0, 0.05) is 5.75 Å². The van der Waals surface area contributed by atoms with Crippen LogP contribution in [0.3, 0.4) is 0 Å². The molecule has 0 spiro atoms. The van der Waals surface area contributed by atoms with Crippen LogP contribution in [0.4, 0.5) is 0 Å². The summed E-state index contributed by atoms with van der Waals surface area (Å²) in [4.78, 5) is 0. The molecule has 3 heteroatoms. The summed E-state index contributed by atoms with van der Waals surface area (Å²) in [6.45, 7) is 11.0. The molecule has 0 fully saturated rings. The van der Waals surface area contributed by atoms with Gasteiger partial charge in [-0.3, -0.25) is 0 Å². The fourth-order valence-electron chi connectivity index (χ4n) is 0.167. The molecule has 0 saturated carbocycles. The van der Waals surface area contributed by atoms with Crippen LogP contribution in [-0.2, 0) is 0 Å². The highest BCUT2D eigenvalue weighted by molar-refractivity contribution is 8.84. The van der Waals surface area contributed by atoms with E-state index in [1.807, 2.05) is 21.0 Å². The first-order valence-corrected chi connectivity index (χ1v) is 9.25. The van der Waals surface area contributed by atoms with Gasteiger partial charge in [0.05, 0.1) is 9.39 Å².